The van der Waals surface area contributed by atoms with Crippen LogP contribution in [-0.4, -0.2) is 22.1 Å². The standard InChI is InChI=1S/C11H12FNO2S/c12-9-2-1-8(5-7(9)3-4-13)11(15)10(14)6-16/h1-2,5,10-11,14-16H,3,6H2. The zero-order valence-corrected chi connectivity index (χ0v) is 9.36. The molecule has 3 nitrogen and oxygen atoms in total. The van der Waals surface area contributed by atoms with Crippen LogP contribution in [0.5, 0.6) is 0 Å². The molecule has 0 aliphatic carbocycles. The Hall–Kier alpha value is -1.09. The van der Waals surface area contributed by atoms with Crippen LogP contribution in [0.25, 0.3) is 0 Å². The molecule has 86 valence electrons. The lowest BCUT2D eigenvalue weighted by molar-refractivity contribution is 0.0337. The quantitative estimate of drug-likeness (QED) is 0.694. The van der Waals surface area contributed by atoms with Gasteiger partial charge in [-0.05, 0) is 17.7 Å². The molecule has 0 amide bonds. The summed E-state index contributed by atoms with van der Waals surface area (Å²) in [6, 6.07) is 5.78. The van der Waals surface area contributed by atoms with E-state index in [1.54, 1.807) is 0 Å². The summed E-state index contributed by atoms with van der Waals surface area (Å²) in [7, 11) is 0. The molecule has 0 saturated heterocycles. The van der Waals surface area contributed by atoms with Gasteiger partial charge in [0, 0.05) is 11.3 Å². The molecule has 2 atom stereocenters. The van der Waals surface area contributed by atoms with Crippen LogP contribution in [-0.2, 0) is 6.42 Å². The molecular weight excluding hydrogens is 229 g/mol. The minimum Gasteiger partial charge on any atom is -0.389 e. The summed E-state index contributed by atoms with van der Waals surface area (Å²) in [5, 5.41) is 27.5. The Kier molecular flexibility index (Phi) is 4.74. The third-order valence-electron chi connectivity index (χ3n) is 2.23. The molecule has 16 heavy (non-hydrogen) atoms. The van der Waals surface area contributed by atoms with E-state index < -0.39 is 18.0 Å². The van der Waals surface area contributed by atoms with E-state index in [0.29, 0.717) is 5.56 Å². The minimum absolute atomic E-state index is 0.0661. The van der Waals surface area contributed by atoms with Crippen molar-refractivity contribution in [2.45, 2.75) is 18.6 Å². The second kappa shape index (κ2) is 5.85. The molecule has 0 bridgehead atoms. The number of hydrogen-bond donors (Lipinski definition) is 3. The summed E-state index contributed by atoms with van der Waals surface area (Å²) in [6.07, 6.45) is -2.19. The van der Waals surface area contributed by atoms with Gasteiger partial charge >= 0.3 is 0 Å². The molecule has 0 heterocycles. The van der Waals surface area contributed by atoms with Crippen molar-refractivity contribution in [3.63, 3.8) is 0 Å². The van der Waals surface area contributed by atoms with Gasteiger partial charge in [0.1, 0.15) is 11.9 Å². The van der Waals surface area contributed by atoms with Crippen LogP contribution in [0.2, 0.25) is 0 Å². The normalized spacial score (nSPS) is 14.2. The van der Waals surface area contributed by atoms with Crippen molar-refractivity contribution in [1.82, 2.24) is 0 Å². The molecule has 1 rings (SSSR count). The lowest BCUT2D eigenvalue weighted by Crippen LogP contribution is -2.20. The fraction of sp³-hybridized carbons (Fsp3) is 0.364. The van der Waals surface area contributed by atoms with Crippen LogP contribution in [0.3, 0.4) is 0 Å². The second-order valence-electron chi connectivity index (χ2n) is 3.38. The first-order valence-corrected chi connectivity index (χ1v) is 5.35. The topological polar surface area (TPSA) is 64.2 Å². The first-order valence-electron chi connectivity index (χ1n) is 4.72. The third-order valence-corrected chi connectivity index (χ3v) is 2.61. The summed E-state index contributed by atoms with van der Waals surface area (Å²) in [5.74, 6) is -0.385. The molecule has 0 aromatic heterocycles. The van der Waals surface area contributed by atoms with E-state index in [9.17, 15) is 14.6 Å². The summed E-state index contributed by atoms with van der Waals surface area (Å²) in [5.41, 5.74) is 0.596. The molecule has 5 heteroatoms. The number of benzene rings is 1. The highest BCUT2D eigenvalue weighted by Gasteiger charge is 2.17. The zero-order valence-electron chi connectivity index (χ0n) is 8.47. The Morgan fingerprint density at radius 3 is 2.69 bits per heavy atom. The van der Waals surface area contributed by atoms with Crippen molar-refractivity contribution in [3.8, 4) is 6.07 Å². The van der Waals surface area contributed by atoms with E-state index in [0.717, 1.165) is 0 Å². The molecule has 0 fully saturated rings. The number of nitriles is 1. The highest BCUT2D eigenvalue weighted by atomic mass is 32.1. The van der Waals surface area contributed by atoms with Crippen molar-refractivity contribution >= 4 is 12.6 Å². The first kappa shape index (κ1) is 13.0. The molecular formula is C11H12FNO2S. The maximum Gasteiger partial charge on any atom is 0.127 e. The highest BCUT2D eigenvalue weighted by Crippen LogP contribution is 2.20. The minimum atomic E-state index is -1.12. The van der Waals surface area contributed by atoms with E-state index in [1.165, 1.54) is 18.2 Å². The first-order chi connectivity index (χ1) is 7.60. The maximum atomic E-state index is 13.2. The number of rotatable bonds is 4. The fourth-order valence-corrected chi connectivity index (χ4v) is 1.52. The second-order valence-corrected chi connectivity index (χ2v) is 3.75. The average Bonchev–Trinajstić information content (AvgIpc) is 2.30. The van der Waals surface area contributed by atoms with Gasteiger partial charge in [-0.15, -0.1) is 0 Å². The molecule has 1 aromatic carbocycles. The van der Waals surface area contributed by atoms with Crippen molar-refractivity contribution in [2.75, 3.05) is 5.75 Å². The van der Waals surface area contributed by atoms with Crippen molar-refractivity contribution in [1.29, 1.82) is 5.26 Å². The van der Waals surface area contributed by atoms with Crippen LogP contribution in [0, 0.1) is 17.1 Å². The number of thiol groups is 1. The van der Waals surface area contributed by atoms with Gasteiger partial charge in [-0.3, -0.25) is 0 Å². The van der Waals surface area contributed by atoms with E-state index >= 15 is 0 Å². The highest BCUT2D eigenvalue weighted by molar-refractivity contribution is 7.80. The average molecular weight is 241 g/mol. The Labute approximate surface area is 98.6 Å². The molecule has 0 spiro atoms. The summed E-state index contributed by atoms with van der Waals surface area (Å²) >= 11 is 3.86. The Bertz CT molecular complexity index is 405. The Morgan fingerprint density at radius 1 is 1.44 bits per heavy atom. The Morgan fingerprint density at radius 2 is 2.12 bits per heavy atom. The van der Waals surface area contributed by atoms with E-state index in [1.807, 2.05) is 6.07 Å². The summed E-state index contributed by atoms with van der Waals surface area (Å²) in [4.78, 5) is 0. The third kappa shape index (κ3) is 2.95. The molecule has 0 saturated carbocycles. The van der Waals surface area contributed by atoms with Gasteiger partial charge in [-0.2, -0.15) is 17.9 Å². The molecule has 0 radical (unpaired) electrons. The monoisotopic (exact) mass is 241 g/mol. The molecule has 0 aliphatic heterocycles. The predicted octanol–water partition coefficient (Wildman–Crippen LogP) is 1.22. The summed E-state index contributed by atoms with van der Waals surface area (Å²) in [6.45, 7) is 0. The van der Waals surface area contributed by atoms with Crippen LogP contribution >= 0.6 is 12.6 Å². The largest absolute Gasteiger partial charge is 0.389 e. The number of halogens is 1. The van der Waals surface area contributed by atoms with Crippen molar-refractivity contribution in [2.24, 2.45) is 0 Å². The molecule has 0 aliphatic rings. The smallest absolute Gasteiger partial charge is 0.127 e. The van der Waals surface area contributed by atoms with Crippen LogP contribution in [0.1, 0.15) is 17.2 Å². The van der Waals surface area contributed by atoms with Gasteiger partial charge in [-0.1, -0.05) is 6.07 Å². The van der Waals surface area contributed by atoms with Gasteiger partial charge in [0.15, 0.2) is 0 Å². The fourth-order valence-electron chi connectivity index (χ4n) is 1.32. The number of aliphatic hydroxyl groups is 2. The van der Waals surface area contributed by atoms with Crippen LogP contribution in [0.4, 0.5) is 4.39 Å². The Balaban J connectivity index is 2.98. The molecule has 2 unspecified atom stereocenters. The van der Waals surface area contributed by atoms with Gasteiger partial charge in [0.25, 0.3) is 0 Å². The van der Waals surface area contributed by atoms with Crippen molar-refractivity contribution in [3.05, 3.63) is 35.1 Å². The van der Waals surface area contributed by atoms with E-state index in [-0.39, 0.29) is 17.7 Å². The number of nitrogens with zero attached hydrogens (tertiary/aromatic N) is 1. The predicted molar refractivity (Wildman–Crippen MR) is 60.5 cm³/mol. The van der Waals surface area contributed by atoms with Gasteiger partial charge in [0.2, 0.25) is 0 Å². The lowest BCUT2D eigenvalue weighted by atomic mass is 10.0. The number of hydrogen-bond acceptors (Lipinski definition) is 4. The van der Waals surface area contributed by atoms with Gasteiger partial charge < -0.3 is 10.2 Å². The zero-order chi connectivity index (χ0) is 12.1. The SMILES string of the molecule is N#CCc1cc(C(O)C(O)CS)ccc1F. The molecule has 1 aromatic rings. The molecule has 2 N–H and O–H groups in total. The van der Waals surface area contributed by atoms with E-state index in [2.05, 4.69) is 12.6 Å². The van der Waals surface area contributed by atoms with Crippen molar-refractivity contribution < 1.29 is 14.6 Å². The maximum absolute atomic E-state index is 13.2. The van der Waals surface area contributed by atoms with Gasteiger partial charge in [-0.25, -0.2) is 4.39 Å². The van der Waals surface area contributed by atoms with Crippen LogP contribution in [0.15, 0.2) is 18.2 Å². The summed E-state index contributed by atoms with van der Waals surface area (Å²) < 4.78 is 13.2. The van der Waals surface area contributed by atoms with E-state index in [4.69, 9.17) is 5.26 Å². The van der Waals surface area contributed by atoms with Gasteiger partial charge in [0.05, 0.1) is 18.6 Å². The lowest BCUT2D eigenvalue weighted by Gasteiger charge is -2.16. The number of aliphatic hydroxyl groups excluding tert-OH is 2. The van der Waals surface area contributed by atoms with Crippen LogP contribution < -0.4 is 0 Å².